The lowest BCUT2D eigenvalue weighted by molar-refractivity contribution is 0.146. The van der Waals surface area contributed by atoms with E-state index in [-0.39, 0.29) is 24.1 Å². The standard InChI is InChI=1S/C27H24F2N4O2/c1-32-12-24(25(34)13-32)33-23-8-5-15(10-22(23)31-27(33)30)9-19-17-3-2-4-21(29)20(17)14-35-26-11-16(28)6-7-18(19)26/h2-11,24-25,34H,12-14H2,1H3,(H2,30,31)/b19-9+/t24-,25-/m0/s1. The molecular formula is C27H24F2N4O2. The number of nitrogens with zero attached hydrogens (tertiary/aromatic N) is 2. The zero-order chi connectivity index (χ0) is 24.3. The van der Waals surface area contributed by atoms with E-state index in [1.165, 1.54) is 18.2 Å². The maximum atomic E-state index is 14.7. The third kappa shape index (κ3) is 3.66. The number of rotatable bonds is 2. The molecule has 0 spiro atoms. The Morgan fingerprint density at radius 2 is 1.94 bits per heavy atom. The molecule has 3 heterocycles. The number of β-amino-alcohol motifs (C(OH)–C–C–N with tert-alkyl or cyclic N) is 1. The highest BCUT2D eigenvalue weighted by Gasteiger charge is 2.32. The molecular weight excluding hydrogens is 450 g/mol. The van der Waals surface area contributed by atoms with Crippen molar-refractivity contribution in [2.45, 2.75) is 18.8 Å². The topological polar surface area (TPSA) is 77.3 Å². The van der Waals surface area contributed by atoms with Crippen molar-refractivity contribution >= 4 is 22.7 Å². The van der Waals surface area contributed by atoms with Gasteiger partial charge in [0, 0.05) is 30.3 Å². The van der Waals surface area contributed by atoms with Gasteiger partial charge in [-0.2, -0.15) is 0 Å². The first-order valence-electron chi connectivity index (χ1n) is 11.5. The van der Waals surface area contributed by atoms with E-state index in [1.54, 1.807) is 12.1 Å². The highest BCUT2D eigenvalue weighted by Crippen LogP contribution is 2.39. The van der Waals surface area contributed by atoms with Gasteiger partial charge in [-0.1, -0.05) is 18.2 Å². The van der Waals surface area contributed by atoms with Gasteiger partial charge in [-0.3, -0.25) is 5.41 Å². The van der Waals surface area contributed by atoms with Crippen molar-refractivity contribution < 1.29 is 18.6 Å². The Bertz CT molecular complexity index is 1550. The van der Waals surface area contributed by atoms with E-state index in [0.717, 1.165) is 22.2 Å². The van der Waals surface area contributed by atoms with Crippen LogP contribution in [0.5, 0.6) is 5.75 Å². The summed E-state index contributed by atoms with van der Waals surface area (Å²) in [6.07, 6.45) is 1.38. The molecule has 35 heavy (non-hydrogen) atoms. The Hall–Kier alpha value is -3.75. The van der Waals surface area contributed by atoms with E-state index in [2.05, 4.69) is 4.98 Å². The molecule has 0 radical (unpaired) electrons. The van der Waals surface area contributed by atoms with Crippen LogP contribution in [0.1, 0.15) is 28.3 Å². The lowest BCUT2D eigenvalue weighted by Crippen LogP contribution is -2.30. The summed E-state index contributed by atoms with van der Waals surface area (Å²) >= 11 is 0. The van der Waals surface area contributed by atoms with E-state index in [0.29, 0.717) is 35.5 Å². The van der Waals surface area contributed by atoms with Gasteiger partial charge in [0.25, 0.3) is 0 Å². The molecule has 4 aromatic rings. The van der Waals surface area contributed by atoms with Gasteiger partial charge in [-0.25, -0.2) is 8.78 Å². The molecule has 2 aliphatic rings. The number of aromatic amines is 1. The Balaban J connectivity index is 1.50. The molecule has 2 aliphatic heterocycles. The highest BCUT2D eigenvalue weighted by atomic mass is 19.1. The van der Waals surface area contributed by atoms with Gasteiger partial charge in [0.15, 0.2) is 0 Å². The number of imidazole rings is 1. The minimum absolute atomic E-state index is 0.00578. The number of likely N-dealkylation sites (N-methyl/N-ethyl adjacent to an activating group) is 1. The molecule has 0 bridgehead atoms. The first kappa shape index (κ1) is 21.8. The van der Waals surface area contributed by atoms with Crippen LogP contribution in [0.25, 0.3) is 22.7 Å². The van der Waals surface area contributed by atoms with Crippen molar-refractivity contribution in [1.29, 1.82) is 5.41 Å². The van der Waals surface area contributed by atoms with Gasteiger partial charge in [0.1, 0.15) is 24.0 Å². The number of benzene rings is 3. The first-order valence-corrected chi connectivity index (χ1v) is 11.5. The molecule has 0 unspecified atom stereocenters. The van der Waals surface area contributed by atoms with Gasteiger partial charge >= 0.3 is 0 Å². The van der Waals surface area contributed by atoms with Crippen molar-refractivity contribution in [3.05, 3.63) is 94.1 Å². The van der Waals surface area contributed by atoms with Crippen molar-refractivity contribution in [1.82, 2.24) is 14.5 Å². The number of nitrogens with one attached hydrogen (secondary N) is 2. The van der Waals surface area contributed by atoms with Crippen LogP contribution in [0.15, 0.2) is 54.6 Å². The SMILES string of the molecule is CN1C[C@H](O)[C@@H](n2c(=N)[nH]c3cc(/C=C4/c5ccc(F)cc5OCc5c(F)cccc54)ccc32)C1. The smallest absolute Gasteiger partial charge is 0.200 e. The van der Waals surface area contributed by atoms with Gasteiger partial charge in [0.05, 0.1) is 23.2 Å². The quantitative estimate of drug-likeness (QED) is 0.410. The third-order valence-electron chi connectivity index (χ3n) is 6.87. The summed E-state index contributed by atoms with van der Waals surface area (Å²) in [5.41, 5.74) is 5.15. The van der Waals surface area contributed by atoms with Gasteiger partial charge in [0.2, 0.25) is 5.62 Å². The maximum absolute atomic E-state index is 14.7. The maximum Gasteiger partial charge on any atom is 0.200 e. The molecule has 1 fully saturated rings. The number of halogens is 2. The molecule has 8 heteroatoms. The van der Waals surface area contributed by atoms with Crippen LogP contribution in [0.3, 0.4) is 0 Å². The number of H-pyrrole nitrogens is 1. The number of likely N-dealkylation sites (tertiary alicyclic amines) is 1. The van der Waals surface area contributed by atoms with Crippen molar-refractivity contribution in [2.75, 3.05) is 20.1 Å². The molecule has 0 saturated carbocycles. The number of aliphatic hydroxyl groups is 1. The summed E-state index contributed by atoms with van der Waals surface area (Å²) < 4.78 is 36.3. The number of hydrogen-bond donors (Lipinski definition) is 3. The molecule has 1 aromatic heterocycles. The predicted octanol–water partition coefficient (Wildman–Crippen LogP) is 4.06. The number of aromatic nitrogens is 2. The fourth-order valence-corrected chi connectivity index (χ4v) is 5.23. The molecule has 6 nitrogen and oxygen atoms in total. The second-order valence-electron chi connectivity index (χ2n) is 9.23. The number of ether oxygens (including phenoxy) is 1. The average molecular weight is 475 g/mol. The highest BCUT2D eigenvalue weighted by molar-refractivity contribution is 5.95. The second kappa shape index (κ2) is 8.18. The van der Waals surface area contributed by atoms with Crippen molar-refractivity contribution in [3.8, 4) is 5.75 Å². The Labute approximate surface area is 200 Å². The summed E-state index contributed by atoms with van der Waals surface area (Å²) in [4.78, 5) is 5.17. The van der Waals surface area contributed by atoms with Crippen LogP contribution in [0.4, 0.5) is 8.78 Å². The summed E-state index contributed by atoms with van der Waals surface area (Å²) in [6.45, 7) is 1.23. The largest absolute Gasteiger partial charge is 0.488 e. The molecule has 0 amide bonds. The Morgan fingerprint density at radius 1 is 1.09 bits per heavy atom. The molecule has 3 N–H and O–H groups in total. The van der Waals surface area contributed by atoms with E-state index in [1.807, 2.05) is 46.9 Å². The minimum Gasteiger partial charge on any atom is -0.488 e. The van der Waals surface area contributed by atoms with E-state index < -0.39 is 11.9 Å². The first-order chi connectivity index (χ1) is 16.9. The minimum atomic E-state index is -0.552. The lowest BCUT2D eigenvalue weighted by atomic mass is 9.92. The van der Waals surface area contributed by atoms with Crippen molar-refractivity contribution in [2.24, 2.45) is 0 Å². The summed E-state index contributed by atoms with van der Waals surface area (Å²) in [5.74, 6) is -0.436. The van der Waals surface area contributed by atoms with Crippen LogP contribution in [0, 0.1) is 17.0 Å². The number of hydrogen-bond acceptors (Lipinski definition) is 4. The van der Waals surface area contributed by atoms with Gasteiger partial charge < -0.3 is 24.3 Å². The molecule has 0 aliphatic carbocycles. The number of aliphatic hydroxyl groups excluding tert-OH is 1. The van der Waals surface area contributed by atoms with Crippen LogP contribution in [-0.4, -0.2) is 45.8 Å². The van der Waals surface area contributed by atoms with Gasteiger partial charge in [-0.05, 0) is 60.2 Å². The van der Waals surface area contributed by atoms with Crippen molar-refractivity contribution in [3.63, 3.8) is 0 Å². The fourth-order valence-electron chi connectivity index (χ4n) is 5.23. The summed E-state index contributed by atoms with van der Waals surface area (Å²) in [6, 6.07) is 14.8. The molecule has 1 saturated heterocycles. The number of fused-ring (bicyclic) bond motifs is 3. The molecule has 178 valence electrons. The van der Waals surface area contributed by atoms with E-state index in [9.17, 15) is 13.9 Å². The van der Waals surface area contributed by atoms with Crippen LogP contribution in [-0.2, 0) is 6.61 Å². The third-order valence-corrected chi connectivity index (χ3v) is 6.87. The van der Waals surface area contributed by atoms with E-state index >= 15 is 0 Å². The average Bonchev–Trinajstić information content (AvgIpc) is 3.27. The monoisotopic (exact) mass is 474 g/mol. The lowest BCUT2D eigenvalue weighted by Gasteiger charge is -2.16. The molecule has 3 aromatic carbocycles. The van der Waals surface area contributed by atoms with Crippen LogP contribution in [0.2, 0.25) is 0 Å². The molecule has 2 atom stereocenters. The zero-order valence-electron chi connectivity index (χ0n) is 19.1. The normalized spacial score (nSPS) is 21.1. The van der Waals surface area contributed by atoms with Gasteiger partial charge in [-0.15, -0.1) is 0 Å². The Morgan fingerprint density at radius 3 is 2.74 bits per heavy atom. The summed E-state index contributed by atoms with van der Waals surface area (Å²) in [5, 5.41) is 19.0. The van der Waals surface area contributed by atoms with Crippen LogP contribution >= 0.6 is 0 Å². The molecule has 6 rings (SSSR count). The predicted molar refractivity (Wildman–Crippen MR) is 129 cm³/mol. The zero-order valence-corrected chi connectivity index (χ0v) is 19.1. The summed E-state index contributed by atoms with van der Waals surface area (Å²) in [7, 11) is 1.95. The Kier molecular flexibility index (Phi) is 5.09. The van der Waals surface area contributed by atoms with E-state index in [4.69, 9.17) is 10.1 Å². The second-order valence-corrected chi connectivity index (χ2v) is 9.23. The van der Waals surface area contributed by atoms with Crippen LogP contribution < -0.4 is 10.4 Å². The fraction of sp³-hybridized carbons (Fsp3) is 0.222.